The van der Waals surface area contributed by atoms with Crippen molar-refractivity contribution in [1.29, 1.82) is 0 Å². The number of hydrogen-bond acceptors (Lipinski definition) is 5. The van der Waals surface area contributed by atoms with Crippen molar-refractivity contribution < 1.29 is 29.0 Å². The maximum atomic E-state index is 11.2. The van der Waals surface area contributed by atoms with E-state index in [0.29, 0.717) is 12.6 Å². The van der Waals surface area contributed by atoms with Crippen molar-refractivity contribution in [2.24, 2.45) is 11.8 Å². The predicted octanol–water partition coefficient (Wildman–Crippen LogP) is -0.346. The lowest BCUT2D eigenvalue weighted by atomic mass is 9.88. The van der Waals surface area contributed by atoms with Gasteiger partial charge in [0.2, 0.25) is 0 Å². The zero-order valence-corrected chi connectivity index (χ0v) is 8.21. The SMILES string of the molecule is COC(=O)C(CC=O)C(C=O)CC(=O)O. The summed E-state index contributed by atoms with van der Waals surface area (Å²) < 4.78 is 4.38. The zero-order valence-electron chi connectivity index (χ0n) is 8.21. The summed E-state index contributed by atoms with van der Waals surface area (Å²) in [6.45, 7) is 0. The Kier molecular flexibility index (Phi) is 5.92. The minimum absolute atomic E-state index is 0.219. The molecule has 2 unspecified atom stereocenters. The normalized spacial score (nSPS) is 13.7. The van der Waals surface area contributed by atoms with Crippen LogP contribution in [0.2, 0.25) is 0 Å². The standard InChI is InChI=1S/C9H12O6/c1-15-9(14)7(2-3-10)6(5-11)4-8(12)13/h3,5-7H,2,4H2,1H3,(H,12,13). The van der Waals surface area contributed by atoms with E-state index >= 15 is 0 Å². The van der Waals surface area contributed by atoms with Gasteiger partial charge < -0.3 is 19.4 Å². The number of rotatable bonds is 7. The second kappa shape index (κ2) is 6.69. The lowest BCUT2D eigenvalue weighted by molar-refractivity contribution is -0.151. The van der Waals surface area contributed by atoms with Crippen molar-refractivity contribution in [3.05, 3.63) is 0 Å². The Morgan fingerprint density at radius 2 is 2.00 bits per heavy atom. The van der Waals surface area contributed by atoms with Gasteiger partial charge in [0.25, 0.3) is 0 Å². The van der Waals surface area contributed by atoms with E-state index < -0.39 is 30.2 Å². The number of carboxylic acid groups (broad SMARTS) is 1. The summed E-state index contributed by atoms with van der Waals surface area (Å²) in [5, 5.41) is 8.49. The van der Waals surface area contributed by atoms with E-state index in [0.717, 1.165) is 7.11 Å². The third-order valence-corrected chi connectivity index (χ3v) is 1.96. The number of carbonyl (C=O) groups excluding carboxylic acids is 3. The molecule has 0 amide bonds. The zero-order chi connectivity index (χ0) is 11.8. The highest BCUT2D eigenvalue weighted by Crippen LogP contribution is 2.18. The molecule has 0 saturated carbocycles. The molecule has 0 aliphatic rings. The summed E-state index contributed by atoms with van der Waals surface area (Å²) in [5.41, 5.74) is 0. The molecule has 0 saturated heterocycles. The Hall–Kier alpha value is -1.72. The number of methoxy groups -OCH3 is 1. The van der Waals surface area contributed by atoms with E-state index in [1.807, 2.05) is 0 Å². The van der Waals surface area contributed by atoms with Gasteiger partial charge in [-0.05, 0) is 0 Å². The molecule has 0 rings (SSSR count). The monoisotopic (exact) mass is 216 g/mol. The van der Waals surface area contributed by atoms with Gasteiger partial charge in [-0.3, -0.25) is 9.59 Å². The molecule has 0 aromatic carbocycles. The molecular weight excluding hydrogens is 204 g/mol. The van der Waals surface area contributed by atoms with Gasteiger partial charge in [0.15, 0.2) is 0 Å². The van der Waals surface area contributed by atoms with Gasteiger partial charge in [0, 0.05) is 12.3 Å². The van der Waals surface area contributed by atoms with Crippen molar-refractivity contribution in [1.82, 2.24) is 0 Å². The van der Waals surface area contributed by atoms with Crippen LogP contribution < -0.4 is 0 Å². The van der Waals surface area contributed by atoms with E-state index in [1.165, 1.54) is 0 Å². The molecule has 0 aliphatic carbocycles. The summed E-state index contributed by atoms with van der Waals surface area (Å²) in [7, 11) is 1.11. The smallest absolute Gasteiger partial charge is 0.309 e. The van der Waals surface area contributed by atoms with Gasteiger partial charge in [-0.1, -0.05) is 0 Å². The summed E-state index contributed by atoms with van der Waals surface area (Å²) in [6.07, 6.45) is 0.111. The molecular formula is C9H12O6. The van der Waals surface area contributed by atoms with Crippen molar-refractivity contribution in [2.45, 2.75) is 12.8 Å². The Morgan fingerprint density at radius 1 is 1.40 bits per heavy atom. The number of esters is 1. The minimum atomic E-state index is -1.20. The van der Waals surface area contributed by atoms with E-state index in [-0.39, 0.29) is 6.42 Å². The number of carbonyl (C=O) groups is 4. The van der Waals surface area contributed by atoms with Crippen LogP contribution in [0.15, 0.2) is 0 Å². The summed E-state index contributed by atoms with van der Waals surface area (Å²) >= 11 is 0. The molecule has 6 nitrogen and oxygen atoms in total. The van der Waals surface area contributed by atoms with Gasteiger partial charge in [-0.2, -0.15) is 0 Å². The van der Waals surface area contributed by atoms with E-state index in [2.05, 4.69) is 4.74 Å². The molecule has 15 heavy (non-hydrogen) atoms. The average Bonchev–Trinajstić information content (AvgIpc) is 2.21. The molecule has 0 aromatic rings. The quantitative estimate of drug-likeness (QED) is 0.461. The van der Waals surface area contributed by atoms with E-state index in [4.69, 9.17) is 5.11 Å². The van der Waals surface area contributed by atoms with Crippen molar-refractivity contribution >= 4 is 24.5 Å². The predicted molar refractivity (Wildman–Crippen MR) is 48.0 cm³/mol. The van der Waals surface area contributed by atoms with Crippen LogP contribution in [0, 0.1) is 11.8 Å². The van der Waals surface area contributed by atoms with Gasteiger partial charge in [-0.15, -0.1) is 0 Å². The van der Waals surface area contributed by atoms with Crippen LogP contribution >= 0.6 is 0 Å². The summed E-state index contributed by atoms with van der Waals surface area (Å²) in [6, 6.07) is 0. The maximum Gasteiger partial charge on any atom is 0.309 e. The molecule has 0 spiro atoms. The number of aldehydes is 2. The fourth-order valence-corrected chi connectivity index (χ4v) is 1.19. The van der Waals surface area contributed by atoms with E-state index in [1.54, 1.807) is 0 Å². The highest BCUT2D eigenvalue weighted by Gasteiger charge is 2.30. The number of aliphatic carboxylic acids is 1. The van der Waals surface area contributed by atoms with Crippen LogP contribution in [0.25, 0.3) is 0 Å². The van der Waals surface area contributed by atoms with Crippen LogP contribution in [-0.4, -0.2) is 36.7 Å². The van der Waals surface area contributed by atoms with Crippen molar-refractivity contribution in [3.63, 3.8) is 0 Å². The lowest BCUT2D eigenvalue weighted by Gasteiger charge is -2.16. The van der Waals surface area contributed by atoms with Gasteiger partial charge >= 0.3 is 11.9 Å². The second-order valence-corrected chi connectivity index (χ2v) is 2.93. The Balaban J connectivity index is 4.67. The topological polar surface area (TPSA) is 97.7 Å². The first-order valence-electron chi connectivity index (χ1n) is 4.25. The molecule has 84 valence electrons. The summed E-state index contributed by atoms with van der Waals surface area (Å²) in [5.74, 6) is -3.99. The molecule has 0 radical (unpaired) electrons. The lowest BCUT2D eigenvalue weighted by Crippen LogP contribution is -2.28. The molecule has 0 heterocycles. The fraction of sp³-hybridized carbons (Fsp3) is 0.556. The number of ether oxygens (including phenoxy) is 1. The van der Waals surface area contributed by atoms with Crippen LogP contribution in [0.3, 0.4) is 0 Å². The first-order valence-corrected chi connectivity index (χ1v) is 4.25. The molecule has 6 heteroatoms. The second-order valence-electron chi connectivity index (χ2n) is 2.93. The van der Waals surface area contributed by atoms with Crippen molar-refractivity contribution in [3.8, 4) is 0 Å². The maximum absolute atomic E-state index is 11.2. The first kappa shape index (κ1) is 13.3. The summed E-state index contributed by atoms with van der Waals surface area (Å²) in [4.78, 5) is 42.4. The molecule has 2 atom stereocenters. The van der Waals surface area contributed by atoms with Crippen LogP contribution in [0.4, 0.5) is 0 Å². The van der Waals surface area contributed by atoms with Gasteiger partial charge in [0.1, 0.15) is 12.6 Å². The number of hydrogen-bond donors (Lipinski definition) is 1. The molecule has 0 fully saturated rings. The molecule has 0 aliphatic heterocycles. The Morgan fingerprint density at radius 3 is 2.33 bits per heavy atom. The van der Waals surface area contributed by atoms with Crippen LogP contribution in [0.5, 0.6) is 0 Å². The molecule has 1 N–H and O–H groups in total. The molecule has 0 aromatic heterocycles. The highest BCUT2D eigenvalue weighted by molar-refractivity contribution is 5.82. The third-order valence-electron chi connectivity index (χ3n) is 1.96. The van der Waals surface area contributed by atoms with Crippen LogP contribution in [0.1, 0.15) is 12.8 Å². The first-order chi connectivity index (χ1) is 7.06. The molecule has 0 bridgehead atoms. The average molecular weight is 216 g/mol. The van der Waals surface area contributed by atoms with Gasteiger partial charge in [0.05, 0.1) is 19.4 Å². The Labute approximate surface area is 86.2 Å². The van der Waals surface area contributed by atoms with E-state index in [9.17, 15) is 19.2 Å². The fourth-order valence-electron chi connectivity index (χ4n) is 1.19. The largest absolute Gasteiger partial charge is 0.481 e. The van der Waals surface area contributed by atoms with Crippen molar-refractivity contribution in [2.75, 3.05) is 7.11 Å². The van der Waals surface area contributed by atoms with Gasteiger partial charge in [-0.25, -0.2) is 0 Å². The Bertz CT molecular complexity index is 259. The third kappa shape index (κ3) is 4.35. The minimum Gasteiger partial charge on any atom is -0.481 e. The highest BCUT2D eigenvalue weighted by atomic mass is 16.5. The van der Waals surface area contributed by atoms with Crippen LogP contribution in [-0.2, 0) is 23.9 Å². The number of carboxylic acids is 1.